The molecule has 0 aromatic heterocycles. The first-order valence-corrected chi connectivity index (χ1v) is 6.51. The highest BCUT2D eigenvalue weighted by molar-refractivity contribution is 7.85. The van der Waals surface area contributed by atoms with Crippen LogP contribution in [0.25, 0.3) is 0 Å². The predicted molar refractivity (Wildman–Crippen MR) is 71.7 cm³/mol. The van der Waals surface area contributed by atoms with Crippen molar-refractivity contribution < 1.29 is 4.21 Å². The molecule has 0 bridgehead atoms. The van der Waals surface area contributed by atoms with Crippen LogP contribution < -0.4 is 0 Å². The van der Waals surface area contributed by atoms with Crippen LogP contribution in [0.5, 0.6) is 0 Å². The molecule has 0 spiro atoms. The molecule has 0 aliphatic rings. The average Bonchev–Trinajstić information content (AvgIpc) is 2.18. The summed E-state index contributed by atoms with van der Waals surface area (Å²) in [4.78, 5) is 0. The number of hydrogen-bond donors (Lipinski definition) is 0. The van der Waals surface area contributed by atoms with E-state index in [9.17, 15) is 4.21 Å². The van der Waals surface area contributed by atoms with Crippen molar-refractivity contribution in [2.24, 2.45) is 4.40 Å². The largest absolute Gasteiger partial charge is 0.234 e. The van der Waals surface area contributed by atoms with Gasteiger partial charge in [-0.25, -0.2) is 4.21 Å². The molecule has 0 saturated heterocycles. The van der Waals surface area contributed by atoms with E-state index in [1.54, 1.807) is 6.21 Å². The lowest BCUT2D eigenvalue weighted by atomic mass is 10.2. The number of nitrogens with zero attached hydrogens (tertiary/aromatic N) is 1. The van der Waals surface area contributed by atoms with Crippen molar-refractivity contribution in [2.45, 2.75) is 32.4 Å². The van der Waals surface area contributed by atoms with Gasteiger partial charge in [-0.1, -0.05) is 23.7 Å². The van der Waals surface area contributed by atoms with Crippen molar-refractivity contribution in [3.05, 3.63) is 34.3 Å². The summed E-state index contributed by atoms with van der Waals surface area (Å²) in [6.45, 7) is 7.62. The third-order valence-electron chi connectivity index (χ3n) is 2.02. The Morgan fingerprint density at radius 2 is 2.00 bits per heavy atom. The van der Waals surface area contributed by atoms with E-state index in [1.165, 1.54) is 0 Å². The molecule has 88 valence electrons. The van der Waals surface area contributed by atoms with Gasteiger partial charge in [0.15, 0.2) is 0 Å². The van der Waals surface area contributed by atoms with Gasteiger partial charge in [-0.05, 0) is 44.9 Å². The van der Waals surface area contributed by atoms with Crippen LogP contribution in [0, 0.1) is 6.92 Å². The van der Waals surface area contributed by atoms with E-state index in [-0.39, 0.29) is 4.75 Å². The summed E-state index contributed by atoms with van der Waals surface area (Å²) < 4.78 is 15.4. The molecule has 16 heavy (non-hydrogen) atoms. The maximum atomic E-state index is 11.7. The standard InChI is InChI=1S/C12H16ClNOS/c1-9-5-6-10(7-11(9)13)8-14-16(15)12(2,3)4/h5-8H,1-4H3. The Bertz CT molecular complexity index is 435. The van der Waals surface area contributed by atoms with Gasteiger partial charge in [0.05, 0.1) is 4.75 Å². The molecule has 1 unspecified atom stereocenters. The van der Waals surface area contributed by atoms with Crippen LogP contribution in [0.2, 0.25) is 5.02 Å². The lowest BCUT2D eigenvalue weighted by Crippen LogP contribution is -2.19. The van der Waals surface area contributed by atoms with Gasteiger partial charge in [-0.15, -0.1) is 0 Å². The second-order valence-electron chi connectivity index (χ2n) is 4.60. The van der Waals surface area contributed by atoms with Gasteiger partial charge in [0.2, 0.25) is 0 Å². The van der Waals surface area contributed by atoms with Crippen molar-refractivity contribution in [2.75, 3.05) is 0 Å². The van der Waals surface area contributed by atoms with E-state index in [4.69, 9.17) is 11.6 Å². The third-order valence-corrected chi connectivity index (χ3v) is 3.77. The Morgan fingerprint density at radius 3 is 2.50 bits per heavy atom. The molecule has 0 amide bonds. The molecule has 4 heteroatoms. The van der Waals surface area contributed by atoms with Gasteiger partial charge < -0.3 is 0 Å². The molecule has 0 radical (unpaired) electrons. The van der Waals surface area contributed by atoms with E-state index in [0.29, 0.717) is 5.02 Å². The summed E-state index contributed by atoms with van der Waals surface area (Å²) >= 11 is 5.98. The Balaban J connectivity index is 2.85. The summed E-state index contributed by atoms with van der Waals surface area (Å²) in [5, 5.41) is 0.700. The van der Waals surface area contributed by atoms with Gasteiger partial charge in [0.1, 0.15) is 11.0 Å². The molecule has 0 fully saturated rings. The van der Waals surface area contributed by atoms with Crippen LogP contribution >= 0.6 is 11.6 Å². The summed E-state index contributed by atoms with van der Waals surface area (Å²) in [6, 6.07) is 5.65. The van der Waals surface area contributed by atoms with Crippen LogP contribution in [-0.4, -0.2) is 15.2 Å². The summed E-state index contributed by atoms with van der Waals surface area (Å²) in [6.07, 6.45) is 1.60. The molecule has 1 aromatic carbocycles. The highest BCUT2D eigenvalue weighted by atomic mass is 35.5. The number of halogens is 1. The molecule has 1 rings (SSSR count). The van der Waals surface area contributed by atoms with Crippen LogP contribution in [0.15, 0.2) is 22.6 Å². The minimum Gasteiger partial charge on any atom is -0.234 e. The van der Waals surface area contributed by atoms with Crippen LogP contribution in [0.4, 0.5) is 0 Å². The van der Waals surface area contributed by atoms with E-state index in [0.717, 1.165) is 11.1 Å². The number of hydrogen-bond acceptors (Lipinski definition) is 1. The third kappa shape index (κ3) is 3.72. The Hall–Kier alpha value is -0.670. The topological polar surface area (TPSA) is 29.4 Å². The van der Waals surface area contributed by atoms with Crippen LogP contribution in [0.3, 0.4) is 0 Å². The molecule has 1 aromatic rings. The fraction of sp³-hybridized carbons (Fsp3) is 0.417. The normalized spacial score (nSPS) is 14.3. The molecule has 2 nitrogen and oxygen atoms in total. The molecule has 0 heterocycles. The second-order valence-corrected chi connectivity index (χ2v) is 6.95. The van der Waals surface area contributed by atoms with Crippen molar-refractivity contribution in [1.29, 1.82) is 0 Å². The highest BCUT2D eigenvalue weighted by Gasteiger charge is 2.18. The fourth-order valence-corrected chi connectivity index (χ4v) is 1.68. The number of benzene rings is 1. The van der Waals surface area contributed by atoms with Crippen molar-refractivity contribution in [3.8, 4) is 0 Å². The summed E-state index contributed by atoms with van der Waals surface area (Å²) in [5.74, 6) is 0. The SMILES string of the molecule is Cc1ccc(C=NS(=O)C(C)(C)C)cc1Cl. The molecule has 0 saturated carbocycles. The first-order chi connectivity index (χ1) is 7.30. The van der Waals surface area contributed by atoms with Crippen molar-refractivity contribution in [1.82, 2.24) is 0 Å². The maximum Gasteiger partial charge on any atom is 0.144 e. The first kappa shape index (κ1) is 13.4. The van der Waals surface area contributed by atoms with E-state index >= 15 is 0 Å². The average molecular weight is 258 g/mol. The Kier molecular flexibility index (Phi) is 4.28. The highest BCUT2D eigenvalue weighted by Crippen LogP contribution is 2.16. The lowest BCUT2D eigenvalue weighted by molar-refractivity contribution is 0.651. The van der Waals surface area contributed by atoms with Gasteiger partial charge in [-0.3, -0.25) is 0 Å². The minimum atomic E-state index is -1.22. The monoisotopic (exact) mass is 257 g/mol. The fourth-order valence-electron chi connectivity index (χ4n) is 0.956. The quantitative estimate of drug-likeness (QED) is 0.746. The summed E-state index contributed by atoms with van der Waals surface area (Å²) in [7, 11) is -1.22. The van der Waals surface area contributed by atoms with Crippen LogP contribution in [-0.2, 0) is 11.0 Å². The van der Waals surface area contributed by atoms with Crippen molar-refractivity contribution in [3.63, 3.8) is 0 Å². The smallest absolute Gasteiger partial charge is 0.144 e. The number of aryl methyl sites for hydroxylation is 1. The maximum absolute atomic E-state index is 11.7. The second kappa shape index (κ2) is 5.11. The summed E-state index contributed by atoms with van der Waals surface area (Å²) in [5.41, 5.74) is 1.89. The van der Waals surface area contributed by atoms with E-state index < -0.39 is 11.0 Å². The zero-order chi connectivity index (χ0) is 12.3. The van der Waals surface area contributed by atoms with Gasteiger partial charge in [0, 0.05) is 11.2 Å². The number of rotatable bonds is 2. The lowest BCUT2D eigenvalue weighted by Gasteiger charge is -2.12. The molecular formula is C12H16ClNOS. The molecular weight excluding hydrogens is 242 g/mol. The Labute approximate surface area is 104 Å². The Morgan fingerprint density at radius 1 is 1.38 bits per heavy atom. The minimum absolute atomic E-state index is 0.328. The zero-order valence-corrected chi connectivity index (χ0v) is 11.5. The molecule has 0 aliphatic heterocycles. The zero-order valence-electron chi connectivity index (χ0n) is 9.95. The molecule has 0 aliphatic carbocycles. The van der Waals surface area contributed by atoms with Crippen LogP contribution in [0.1, 0.15) is 31.9 Å². The van der Waals surface area contributed by atoms with E-state index in [2.05, 4.69) is 4.40 Å². The van der Waals surface area contributed by atoms with Crippen molar-refractivity contribution >= 4 is 28.8 Å². The molecule has 1 atom stereocenters. The predicted octanol–water partition coefficient (Wildman–Crippen LogP) is 3.53. The van der Waals surface area contributed by atoms with Gasteiger partial charge >= 0.3 is 0 Å². The van der Waals surface area contributed by atoms with E-state index in [1.807, 2.05) is 45.9 Å². The first-order valence-electron chi connectivity index (χ1n) is 5.03. The molecule has 0 N–H and O–H groups in total. The van der Waals surface area contributed by atoms with Gasteiger partial charge in [0.25, 0.3) is 0 Å². The van der Waals surface area contributed by atoms with Gasteiger partial charge in [-0.2, -0.15) is 4.40 Å².